The number of aryl methyl sites for hydroxylation is 3. The molecule has 1 aliphatic heterocycles. The predicted molar refractivity (Wildman–Crippen MR) is 117 cm³/mol. The highest BCUT2D eigenvalue weighted by Gasteiger charge is 2.40. The van der Waals surface area contributed by atoms with Gasteiger partial charge in [-0.25, -0.2) is 9.29 Å². The zero-order chi connectivity index (χ0) is 21.4. The fraction of sp³-hybridized carbons (Fsp3) is 0.120. The Kier molecular flexibility index (Phi) is 4.96. The first-order valence-electron chi connectivity index (χ1n) is 9.64. The molecule has 1 heterocycles. The molecule has 30 heavy (non-hydrogen) atoms. The number of rotatable bonds is 4. The maximum Gasteiger partial charge on any atom is 0.282 e. The summed E-state index contributed by atoms with van der Waals surface area (Å²) in [7, 11) is 0. The summed E-state index contributed by atoms with van der Waals surface area (Å²) in [6.07, 6.45) is 0. The second kappa shape index (κ2) is 7.59. The van der Waals surface area contributed by atoms with Crippen LogP contribution < -0.4 is 10.2 Å². The van der Waals surface area contributed by atoms with Gasteiger partial charge >= 0.3 is 0 Å². The van der Waals surface area contributed by atoms with E-state index in [1.807, 2.05) is 63.2 Å². The van der Waals surface area contributed by atoms with Crippen LogP contribution in [-0.2, 0) is 9.59 Å². The van der Waals surface area contributed by atoms with Crippen LogP contribution in [0.4, 0.5) is 15.8 Å². The molecule has 0 aromatic heterocycles. The minimum atomic E-state index is -0.514. The average molecular weight is 400 g/mol. The van der Waals surface area contributed by atoms with E-state index in [9.17, 15) is 14.0 Å². The van der Waals surface area contributed by atoms with E-state index in [-0.39, 0.29) is 17.0 Å². The lowest BCUT2D eigenvalue weighted by molar-refractivity contribution is -0.120. The van der Waals surface area contributed by atoms with E-state index < -0.39 is 17.6 Å². The highest BCUT2D eigenvalue weighted by atomic mass is 19.1. The number of nitrogens with one attached hydrogen (secondary N) is 1. The van der Waals surface area contributed by atoms with Crippen molar-refractivity contribution in [1.82, 2.24) is 0 Å². The van der Waals surface area contributed by atoms with Crippen molar-refractivity contribution in [3.8, 4) is 0 Å². The second-order valence-electron chi connectivity index (χ2n) is 7.54. The largest absolute Gasteiger partial charge is 0.350 e. The van der Waals surface area contributed by atoms with E-state index in [4.69, 9.17) is 0 Å². The van der Waals surface area contributed by atoms with E-state index in [0.29, 0.717) is 11.3 Å². The van der Waals surface area contributed by atoms with E-state index in [0.717, 1.165) is 21.6 Å². The number of hydrogen-bond donors (Lipinski definition) is 1. The Morgan fingerprint density at radius 2 is 1.43 bits per heavy atom. The monoisotopic (exact) mass is 400 g/mol. The quantitative estimate of drug-likeness (QED) is 0.617. The van der Waals surface area contributed by atoms with Gasteiger partial charge in [-0.1, -0.05) is 42.0 Å². The van der Waals surface area contributed by atoms with Gasteiger partial charge in [-0.2, -0.15) is 0 Å². The molecule has 1 N–H and O–H groups in total. The topological polar surface area (TPSA) is 49.4 Å². The molecule has 0 atom stereocenters. The minimum absolute atomic E-state index is 0.179. The number of anilines is 2. The summed E-state index contributed by atoms with van der Waals surface area (Å²) in [4.78, 5) is 27.7. The molecule has 4 nitrogen and oxygen atoms in total. The maximum atomic E-state index is 13.8. The van der Waals surface area contributed by atoms with Crippen LogP contribution in [-0.4, -0.2) is 11.8 Å². The standard InChI is InChI=1S/C25H21FN2O2/c1-15-7-9-18(10-8-15)22-23(27-20-12-16(2)11-17(3)13-20)25(30)28(24(22)29)21-6-4-5-19(26)14-21/h4-14,27H,1-3H3. The summed E-state index contributed by atoms with van der Waals surface area (Å²) in [5.74, 6) is -1.51. The van der Waals surface area contributed by atoms with Crippen LogP contribution in [0.25, 0.3) is 5.57 Å². The van der Waals surface area contributed by atoms with Crippen molar-refractivity contribution in [3.05, 3.63) is 100 Å². The Hall–Kier alpha value is -3.73. The molecule has 0 unspecified atom stereocenters. The molecule has 150 valence electrons. The van der Waals surface area contributed by atoms with Crippen molar-refractivity contribution in [2.24, 2.45) is 0 Å². The predicted octanol–water partition coefficient (Wildman–Crippen LogP) is 5.15. The van der Waals surface area contributed by atoms with Crippen molar-refractivity contribution < 1.29 is 14.0 Å². The molecule has 2 amide bonds. The first kappa shape index (κ1) is 19.6. The first-order valence-corrected chi connectivity index (χ1v) is 9.64. The second-order valence-corrected chi connectivity index (χ2v) is 7.54. The molecule has 5 heteroatoms. The van der Waals surface area contributed by atoms with Crippen molar-refractivity contribution in [2.45, 2.75) is 20.8 Å². The number of hydrogen-bond acceptors (Lipinski definition) is 3. The third-order valence-electron chi connectivity index (χ3n) is 4.98. The summed E-state index contributed by atoms with van der Waals surface area (Å²) in [6.45, 7) is 5.88. The van der Waals surface area contributed by atoms with Gasteiger partial charge in [0, 0.05) is 5.69 Å². The molecule has 0 radical (unpaired) electrons. The van der Waals surface area contributed by atoms with Gasteiger partial charge in [0.15, 0.2) is 0 Å². The molecule has 0 saturated carbocycles. The van der Waals surface area contributed by atoms with E-state index in [2.05, 4.69) is 5.32 Å². The van der Waals surface area contributed by atoms with E-state index in [1.54, 1.807) is 6.07 Å². The molecule has 0 saturated heterocycles. The Morgan fingerprint density at radius 3 is 2.07 bits per heavy atom. The lowest BCUT2D eigenvalue weighted by Gasteiger charge is -2.15. The first-order chi connectivity index (χ1) is 14.3. The van der Waals surface area contributed by atoms with Crippen molar-refractivity contribution in [3.63, 3.8) is 0 Å². The molecule has 3 aromatic rings. The zero-order valence-electron chi connectivity index (χ0n) is 17.0. The van der Waals surface area contributed by atoms with Crippen LogP contribution in [0.1, 0.15) is 22.3 Å². The Balaban J connectivity index is 1.84. The summed E-state index contributed by atoms with van der Waals surface area (Å²) in [6, 6.07) is 18.7. The molecule has 4 rings (SSSR count). The molecule has 0 spiro atoms. The number of imide groups is 1. The lowest BCUT2D eigenvalue weighted by Crippen LogP contribution is -2.32. The Bertz CT molecular complexity index is 1180. The summed E-state index contributed by atoms with van der Waals surface area (Å²) in [5.41, 5.74) is 5.11. The Morgan fingerprint density at radius 1 is 0.767 bits per heavy atom. The van der Waals surface area contributed by atoms with Gasteiger partial charge in [0.25, 0.3) is 11.8 Å². The molecule has 0 aliphatic carbocycles. The number of nitrogens with zero attached hydrogens (tertiary/aromatic N) is 1. The number of carbonyl (C=O) groups excluding carboxylic acids is 2. The van der Waals surface area contributed by atoms with Gasteiger partial charge in [-0.05, 0) is 67.8 Å². The van der Waals surface area contributed by atoms with Crippen molar-refractivity contribution >= 4 is 28.8 Å². The average Bonchev–Trinajstić information content (AvgIpc) is 2.92. The molecule has 3 aromatic carbocycles. The molecule has 0 bridgehead atoms. The summed E-state index contributed by atoms with van der Waals surface area (Å²) >= 11 is 0. The van der Waals surface area contributed by atoms with Crippen LogP contribution in [0.3, 0.4) is 0 Å². The van der Waals surface area contributed by atoms with Crippen LogP contribution in [0.5, 0.6) is 0 Å². The number of halogens is 1. The smallest absolute Gasteiger partial charge is 0.282 e. The molecule has 0 fully saturated rings. The van der Waals surface area contributed by atoms with Crippen LogP contribution in [0, 0.1) is 26.6 Å². The zero-order valence-corrected chi connectivity index (χ0v) is 17.0. The minimum Gasteiger partial charge on any atom is -0.350 e. The highest BCUT2D eigenvalue weighted by molar-refractivity contribution is 6.46. The van der Waals surface area contributed by atoms with Crippen LogP contribution >= 0.6 is 0 Å². The van der Waals surface area contributed by atoms with Gasteiger partial charge in [0.2, 0.25) is 0 Å². The van der Waals surface area contributed by atoms with Gasteiger partial charge in [-0.15, -0.1) is 0 Å². The maximum absolute atomic E-state index is 13.8. The van der Waals surface area contributed by atoms with Crippen LogP contribution in [0.15, 0.2) is 72.4 Å². The third-order valence-corrected chi connectivity index (χ3v) is 4.98. The molecular weight excluding hydrogens is 379 g/mol. The third kappa shape index (κ3) is 3.62. The van der Waals surface area contributed by atoms with Gasteiger partial charge < -0.3 is 5.32 Å². The SMILES string of the molecule is Cc1ccc(C2=C(Nc3cc(C)cc(C)c3)C(=O)N(c3cccc(F)c3)C2=O)cc1. The Labute approximate surface area is 174 Å². The number of carbonyl (C=O) groups is 2. The normalized spacial score (nSPS) is 13.9. The van der Waals surface area contributed by atoms with Gasteiger partial charge in [0.1, 0.15) is 11.5 Å². The number of amides is 2. The lowest BCUT2D eigenvalue weighted by atomic mass is 10.0. The summed E-state index contributed by atoms with van der Waals surface area (Å²) in [5, 5.41) is 3.15. The summed E-state index contributed by atoms with van der Waals surface area (Å²) < 4.78 is 13.8. The fourth-order valence-corrected chi connectivity index (χ4v) is 3.67. The molecule has 1 aliphatic rings. The van der Waals surface area contributed by atoms with E-state index in [1.165, 1.54) is 18.2 Å². The fourth-order valence-electron chi connectivity index (χ4n) is 3.67. The van der Waals surface area contributed by atoms with Crippen molar-refractivity contribution in [1.29, 1.82) is 0 Å². The number of benzene rings is 3. The molecular formula is C25H21FN2O2. The van der Waals surface area contributed by atoms with Gasteiger partial charge in [0.05, 0.1) is 11.3 Å². The van der Waals surface area contributed by atoms with Crippen LogP contribution in [0.2, 0.25) is 0 Å². The van der Waals surface area contributed by atoms with Gasteiger partial charge in [-0.3, -0.25) is 9.59 Å². The van der Waals surface area contributed by atoms with Crippen molar-refractivity contribution in [2.75, 3.05) is 10.2 Å². The highest BCUT2D eigenvalue weighted by Crippen LogP contribution is 2.34. The van der Waals surface area contributed by atoms with E-state index >= 15 is 0 Å².